The van der Waals surface area contributed by atoms with Crippen LogP contribution in [0, 0.1) is 12.8 Å². The van der Waals surface area contributed by atoms with E-state index in [1.807, 2.05) is 61.2 Å². The van der Waals surface area contributed by atoms with E-state index < -0.39 is 0 Å². The van der Waals surface area contributed by atoms with Gasteiger partial charge < -0.3 is 15.0 Å². The van der Waals surface area contributed by atoms with E-state index in [1.54, 1.807) is 0 Å². The number of benzene rings is 2. The molecule has 2 aromatic carbocycles. The minimum absolute atomic E-state index is 0.0739. The van der Waals surface area contributed by atoms with Crippen molar-refractivity contribution in [3.05, 3.63) is 53.1 Å². The van der Waals surface area contributed by atoms with Gasteiger partial charge in [0, 0.05) is 11.6 Å². The third-order valence-electron chi connectivity index (χ3n) is 4.19. The third kappa shape index (κ3) is 3.49. The standard InChI is InChI=1S/C19H21ClN2O2/c1-13-11-15(7-8-16(13)20)24-10-9-22-18-6-4-3-5-17(18)21-12-14(2)19(22)23/h3-8,11,14,21H,9-10,12H2,1-2H3/t14-/m0/s1. The molecule has 5 heteroatoms. The van der Waals surface area contributed by atoms with Crippen LogP contribution in [0.15, 0.2) is 42.5 Å². The lowest BCUT2D eigenvalue weighted by Crippen LogP contribution is -2.38. The second-order valence-corrected chi connectivity index (χ2v) is 6.46. The summed E-state index contributed by atoms with van der Waals surface area (Å²) in [5.74, 6) is 0.803. The molecule has 0 fully saturated rings. The number of nitrogens with zero attached hydrogens (tertiary/aromatic N) is 1. The molecule has 1 N–H and O–H groups in total. The Labute approximate surface area is 147 Å². The molecule has 126 valence electrons. The second kappa shape index (κ2) is 7.14. The van der Waals surface area contributed by atoms with Crippen molar-refractivity contribution in [1.29, 1.82) is 0 Å². The molecule has 0 radical (unpaired) electrons. The van der Waals surface area contributed by atoms with Crippen LogP contribution >= 0.6 is 11.6 Å². The number of nitrogens with one attached hydrogen (secondary N) is 1. The Balaban J connectivity index is 1.72. The zero-order chi connectivity index (χ0) is 17.1. The van der Waals surface area contributed by atoms with E-state index in [1.165, 1.54) is 0 Å². The van der Waals surface area contributed by atoms with E-state index >= 15 is 0 Å². The normalized spacial score (nSPS) is 17.0. The lowest BCUT2D eigenvalue weighted by molar-refractivity contribution is -0.121. The van der Waals surface area contributed by atoms with E-state index in [4.69, 9.17) is 16.3 Å². The predicted octanol–water partition coefficient (Wildman–Crippen LogP) is 4.12. The van der Waals surface area contributed by atoms with E-state index in [0.717, 1.165) is 27.7 Å². The van der Waals surface area contributed by atoms with E-state index in [9.17, 15) is 4.79 Å². The summed E-state index contributed by atoms with van der Waals surface area (Å²) in [6.45, 7) is 5.45. The number of hydrogen-bond acceptors (Lipinski definition) is 3. The van der Waals surface area contributed by atoms with Gasteiger partial charge in [0.2, 0.25) is 5.91 Å². The maximum absolute atomic E-state index is 12.7. The van der Waals surface area contributed by atoms with Crippen LogP contribution in [0.3, 0.4) is 0 Å². The first-order valence-corrected chi connectivity index (χ1v) is 8.47. The van der Waals surface area contributed by atoms with Gasteiger partial charge in [-0.05, 0) is 42.8 Å². The zero-order valence-electron chi connectivity index (χ0n) is 13.9. The van der Waals surface area contributed by atoms with Gasteiger partial charge in [-0.15, -0.1) is 0 Å². The maximum Gasteiger partial charge on any atom is 0.231 e. The lowest BCUT2D eigenvalue weighted by atomic mass is 10.1. The van der Waals surface area contributed by atoms with Crippen molar-refractivity contribution in [2.45, 2.75) is 13.8 Å². The maximum atomic E-state index is 12.7. The molecule has 1 atom stereocenters. The molecule has 1 aliphatic heterocycles. The van der Waals surface area contributed by atoms with Gasteiger partial charge in [-0.3, -0.25) is 4.79 Å². The van der Waals surface area contributed by atoms with Crippen molar-refractivity contribution in [3.8, 4) is 5.75 Å². The first-order chi connectivity index (χ1) is 11.6. The van der Waals surface area contributed by atoms with Crippen LogP contribution in [0.4, 0.5) is 11.4 Å². The monoisotopic (exact) mass is 344 g/mol. The molecule has 0 saturated heterocycles. The quantitative estimate of drug-likeness (QED) is 0.907. The molecular formula is C19H21ClN2O2. The Morgan fingerprint density at radius 3 is 2.88 bits per heavy atom. The number of rotatable bonds is 4. The molecule has 0 aliphatic carbocycles. The minimum Gasteiger partial charge on any atom is -0.492 e. The summed E-state index contributed by atoms with van der Waals surface area (Å²) in [6.07, 6.45) is 0. The average molecular weight is 345 g/mol. The average Bonchev–Trinajstić information content (AvgIpc) is 2.70. The fraction of sp³-hybridized carbons (Fsp3) is 0.316. The molecule has 0 aromatic heterocycles. The number of para-hydroxylation sites is 2. The zero-order valence-corrected chi connectivity index (χ0v) is 14.6. The van der Waals surface area contributed by atoms with Crippen LogP contribution in [-0.2, 0) is 4.79 Å². The SMILES string of the molecule is Cc1cc(OCCN2C(=O)[C@@H](C)CNc3ccccc32)ccc1Cl. The summed E-state index contributed by atoms with van der Waals surface area (Å²) >= 11 is 6.03. The van der Waals surface area contributed by atoms with Gasteiger partial charge in [0.1, 0.15) is 12.4 Å². The summed E-state index contributed by atoms with van der Waals surface area (Å²) in [5.41, 5.74) is 2.86. The van der Waals surface area contributed by atoms with Crippen LogP contribution in [0.5, 0.6) is 5.75 Å². The molecule has 1 amide bonds. The Morgan fingerprint density at radius 1 is 1.29 bits per heavy atom. The predicted molar refractivity (Wildman–Crippen MR) is 98.1 cm³/mol. The van der Waals surface area contributed by atoms with E-state index in [-0.39, 0.29) is 11.8 Å². The van der Waals surface area contributed by atoms with Gasteiger partial charge in [0.15, 0.2) is 0 Å². The number of aryl methyl sites for hydroxylation is 1. The number of amides is 1. The van der Waals surface area contributed by atoms with Crippen molar-refractivity contribution in [1.82, 2.24) is 0 Å². The van der Waals surface area contributed by atoms with Gasteiger partial charge >= 0.3 is 0 Å². The molecular weight excluding hydrogens is 324 g/mol. The number of ether oxygens (including phenoxy) is 1. The molecule has 0 saturated carbocycles. The Kier molecular flexibility index (Phi) is 4.95. The first-order valence-electron chi connectivity index (χ1n) is 8.09. The highest BCUT2D eigenvalue weighted by molar-refractivity contribution is 6.31. The molecule has 1 heterocycles. The third-order valence-corrected chi connectivity index (χ3v) is 4.62. The van der Waals surface area contributed by atoms with Crippen LogP contribution < -0.4 is 15.0 Å². The van der Waals surface area contributed by atoms with Gasteiger partial charge in [-0.25, -0.2) is 0 Å². The molecule has 2 aromatic rings. The molecule has 0 spiro atoms. The first kappa shape index (κ1) is 16.7. The van der Waals surface area contributed by atoms with Gasteiger partial charge in [0.05, 0.1) is 23.8 Å². The van der Waals surface area contributed by atoms with E-state index in [0.29, 0.717) is 19.7 Å². The van der Waals surface area contributed by atoms with Crippen LogP contribution in [0.25, 0.3) is 0 Å². The number of carbonyl (C=O) groups is 1. The highest BCUT2D eigenvalue weighted by Gasteiger charge is 2.26. The Bertz CT molecular complexity index is 748. The van der Waals surface area contributed by atoms with E-state index in [2.05, 4.69) is 5.32 Å². The van der Waals surface area contributed by atoms with Gasteiger partial charge in [-0.2, -0.15) is 0 Å². The van der Waals surface area contributed by atoms with Crippen LogP contribution in [0.1, 0.15) is 12.5 Å². The number of fused-ring (bicyclic) bond motifs is 1. The lowest BCUT2D eigenvalue weighted by Gasteiger charge is -2.24. The summed E-state index contributed by atoms with van der Waals surface area (Å²) in [6, 6.07) is 13.5. The highest BCUT2D eigenvalue weighted by atomic mass is 35.5. The Hall–Kier alpha value is -2.20. The summed E-state index contributed by atoms with van der Waals surface area (Å²) < 4.78 is 5.81. The molecule has 0 unspecified atom stereocenters. The van der Waals surface area contributed by atoms with Crippen molar-refractivity contribution in [3.63, 3.8) is 0 Å². The van der Waals surface area contributed by atoms with Crippen molar-refractivity contribution >= 4 is 28.9 Å². The van der Waals surface area contributed by atoms with Crippen molar-refractivity contribution in [2.24, 2.45) is 5.92 Å². The summed E-state index contributed by atoms with van der Waals surface area (Å²) in [7, 11) is 0. The number of hydrogen-bond donors (Lipinski definition) is 1. The van der Waals surface area contributed by atoms with Crippen molar-refractivity contribution < 1.29 is 9.53 Å². The van der Waals surface area contributed by atoms with Gasteiger partial charge in [0.25, 0.3) is 0 Å². The van der Waals surface area contributed by atoms with Gasteiger partial charge in [-0.1, -0.05) is 30.7 Å². The molecule has 0 bridgehead atoms. The molecule has 3 rings (SSSR count). The Morgan fingerprint density at radius 2 is 2.08 bits per heavy atom. The minimum atomic E-state index is -0.0739. The molecule has 1 aliphatic rings. The van der Waals surface area contributed by atoms with Crippen molar-refractivity contribution in [2.75, 3.05) is 29.9 Å². The largest absolute Gasteiger partial charge is 0.492 e. The topological polar surface area (TPSA) is 41.6 Å². The second-order valence-electron chi connectivity index (χ2n) is 6.05. The highest BCUT2D eigenvalue weighted by Crippen LogP contribution is 2.30. The fourth-order valence-corrected chi connectivity index (χ4v) is 2.90. The molecule has 4 nitrogen and oxygen atoms in total. The summed E-state index contributed by atoms with van der Waals surface area (Å²) in [4.78, 5) is 14.5. The van der Waals surface area contributed by atoms with Crippen LogP contribution in [-0.4, -0.2) is 25.6 Å². The fourth-order valence-electron chi connectivity index (χ4n) is 2.79. The number of halogens is 1. The smallest absolute Gasteiger partial charge is 0.231 e. The van der Waals surface area contributed by atoms with Crippen LogP contribution in [0.2, 0.25) is 5.02 Å². The molecule has 24 heavy (non-hydrogen) atoms. The summed E-state index contributed by atoms with van der Waals surface area (Å²) in [5, 5.41) is 4.06. The number of anilines is 2. The number of carbonyl (C=O) groups excluding carboxylic acids is 1.